The maximum Gasteiger partial charge on any atom is 0.243 e. The van der Waals surface area contributed by atoms with Crippen molar-refractivity contribution >= 4 is 11.8 Å². The molecule has 1 atom stereocenters. The first kappa shape index (κ1) is 22.1. The van der Waals surface area contributed by atoms with Crippen LogP contribution in [0, 0.1) is 36.0 Å². The number of hydrogen-bond acceptors (Lipinski definition) is 4. The summed E-state index contributed by atoms with van der Waals surface area (Å²) in [4.78, 5) is 35.2. The highest BCUT2D eigenvalue weighted by Gasteiger charge is 2.55. The fourth-order valence-corrected chi connectivity index (χ4v) is 6.80. The number of carbonyl (C=O) groups excluding carboxylic acids is 2. The number of rotatable bonds is 7. The molecule has 7 heteroatoms. The molecule has 4 aliphatic rings. The van der Waals surface area contributed by atoms with E-state index in [1.807, 2.05) is 43.7 Å². The molecular weight excluding hydrogens is 414 g/mol. The summed E-state index contributed by atoms with van der Waals surface area (Å²) >= 11 is 0. The Bertz CT molecular complexity index is 990. The molecule has 7 nitrogen and oxygen atoms in total. The van der Waals surface area contributed by atoms with E-state index in [4.69, 9.17) is 0 Å². The van der Waals surface area contributed by atoms with Gasteiger partial charge in [-0.1, -0.05) is 19.9 Å². The van der Waals surface area contributed by atoms with Gasteiger partial charge in [0.05, 0.1) is 0 Å². The average Bonchev–Trinajstić information content (AvgIpc) is 3.20. The fourth-order valence-electron chi connectivity index (χ4n) is 6.80. The zero-order chi connectivity index (χ0) is 23.2. The van der Waals surface area contributed by atoms with Crippen molar-refractivity contribution < 1.29 is 9.59 Å². The largest absolute Gasteiger partial charge is 0.350 e. The highest BCUT2D eigenvalue weighted by Crippen LogP contribution is 2.60. The Morgan fingerprint density at radius 3 is 2.27 bits per heavy atom. The lowest BCUT2D eigenvalue weighted by Crippen LogP contribution is -2.58. The number of nitrogens with zero attached hydrogens (tertiary/aromatic N) is 3. The standard InChI is InChI=1S/C26H35N5O2/c1-16(2)23(30-25(33)26-11-19-8-20(12-26)10-21(9-19)13-26)24(32)29-15-18-4-5-22(28-14-18)31-7-6-27-17(31)3/h4-7,14,16,19-21,23H,8-13,15H2,1-3H3,(H,29,32)(H,30,33)/t19?,20?,21?,23-,26?/m0/s1. The Morgan fingerprint density at radius 1 is 1.09 bits per heavy atom. The molecule has 2 amide bonds. The van der Waals surface area contributed by atoms with Crippen molar-refractivity contribution in [2.75, 3.05) is 0 Å². The number of hydrogen-bond donors (Lipinski definition) is 2. The van der Waals surface area contributed by atoms with Crippen LogP contribution in [0.5, 0.6) is 0 Å². The Kier molecular flexibility index (Phi) is 5.75. The van der Waals surface area contributed by atoms with Crippen molar-refractivity contribution in [2.45, 2.75) is 71.9 Å². The molecule has 4 fully saturated rings. The molecular formula is C26H35N5O2. The highest BCUT2D eigenvalue weighted by atomic mass is 16.2. The minimum Gasteiger partial charge on any atom is -0.350 e. The number of carbonyl (C=O) groups is 2. The summed E-state index contributed by atoms with van der Waals surface area (Å²) in [6.07, 6.45) is 12.3. The van der Waals surface area contributed by atoms with E-state index in [1.54, 1.807) is 12.4 Å². The van der Waals surface area contributed by atoms with Crippen molar-refractivity contribution in [2.24, 2.45) is 29.1 Å². The van der Waals surface area contributed by atoms with Crippen LogP contribution in [0.15, 0.2) is 30.7 Å². The van der Waals surface area contributed by atoms with Gasteiger partial charge in [0.25, 0.3) is 0 Å². The summed E-state index contributed by atoms with van der Waals surface area (Å²) in [6, 6.07) is 3.36. The molecule has 0 spiro atoms. The van der Waals surface area contributed by atoms with Crippen molar-refractivity contribution in [3.8, 4) is 5.82 Å². The second-order valence-electron chi connectivity index (χ2n) is 11.0. The third kappa shape index (κ3) is 4.30. The smallest absolute Gasteiger partial charge is 0.243 e. The van der Waals surface area contributed by atoms with E-state index in [0.29, 0.717) is 24.3 Å². The lowest BCUT2D eigenvalue weighted by Gasteiger charge is -2.55. The Balaban J connectivity index is 1.20. The molecule has 0 saturated heterocycles. The van der Waals surface area contributed by atoms with Gasteiger partial charge in [0.1, 0.15) is 17.7 Å². The van der Waals surface area contributed by atoms with E-state index >= 15 is 0 Å². The summed E-state index contributed by atoms with van der Waals surface area (Å²) in [7, 11) is 0. The van der Waals surface area contributed by atoms with Crippen LogP contribution >= 0.6 is 0 Å². The molecule has 4 saturated carbocycles. The lowest BCUT2D eigenvalue weighted by molar-refractivity contribution is -0.149. The third-order valence-corrected chi connectivity index (χ3v) is 8.10. The molecule has 0 unspecified atom stereocenters. The second kappa shape index (κ2) is 8.58. The Morgan fingerprint density at radius 2 is 1.76 bits per heavy atom. The SMILES string of the molecule is Cc1nccn1-c1ccc(CNC(=O)[C@@H](NC(=O)C23CC4CC(CC(C4)C2)C3)C(C)C)cn1. The molecule has 2 heterocycles. The highest BCUT2D eigenvalue weighted by molar-refractivity contribution is 5.90. The molecule has 0 radical (unpaired) electrons. The van der Waals surface area contributed by atoms with Crippen LogP contribution in [0.3, 0.4) is 0 Å². The number of pyridine rings is 1. The van der Waals surface area contributed by atoms with E-state index in [2.05, 4.69) is 20.6 Å². The van der Waals surface area contributed by atoms with Gasteiger partial charge in [-0.2, -0.15) is 0 Å². The number of nitrogens with one attached hydrogen (secondary N) is 2. The van der Waals surface area contributed by atoms with Crippen molar-refractivity contribution in [3.63, 3.8) is 0 Å². The van der Waals surface area contributed by atoms with E-state index in [-0.39, 0.29) is 23.1 Å². The normalized spacial score (nSPS) is 28.7. The molecule has 2 aromatic heterocycles. The van der Waals surface area contributed by atoms with Crippen molar-refractivity contribution in [3.05, 3.63) is 42.1 Å². The summed E-state index contributed by atoms with van der Waals surface area (Å²) in [5.74, 6) is 3.78. The predicted octanol–water partition coefficient (Wildman–Crippen LogP) is 3.55. The van der Waals surface area contributed by atoms with Gasteiger partial charge in [0.2, 0.25) is 11.8 Å². The van der Waals surface area contributed by atoms with Crippen LogP contribution in [0.1, 0.15) is 63.8 Å². The first-order valence-corrected chi connectivity index (χ1v) is 12.4. The molecule has 33 heavy (non-hydrogen) atoms. The summed E-state index contributed by atoms with van der Waals surface area (Å²) in [5, 5.41) is 6.18. The number of amides is 2. The topological polar surface area (TPSA) is 88.9 Å². The van der Waals surface area contributed by atoms with Crippen LogP contribution < -0.4 is 10.6 Å². The van der Waals surface area contributed by atoms with Gasteiger partial charge >= 0.3 is 0 Å². The zero-order valence-electron chi connectivity index (χ0n) is 19.9. The van der Waals surface area contributed by atoms with Gasteiger partial charge < -0.3 is 10.6 Å². The number of imidazole rings is 1. The quantitative estimate of drug-likeness (QED) is 0.677. The van der Waals surface area contributed by atoms with E-state index in [0.717, 1.165) is 36.5 Å². The summed E-state index contributed by atoms with van der Waals surface area (Å²) in [6.45, 7) is 6.30. The average molecular weight is 450 g/mol. The van der Waals surface area contributed by atoms with Gasteiger partial charge in [-0.15, -0.1) is 0 Å². The van der Waals surface area contributed by atoms with Gasteiger partial charge in [-0.3, -0.25) is 14.2 Å². The molecule has 6 rings (SSSR count). The first-order valence-electron chi connectivity index (χ1n) is 12.4. The van der Waals surface area contributed by atoms with Gasteiger partial charge in [-0.25, -0.2) is 9.97 Å². The zero-order valence-corrected chi connectivity index (χ0v) is 19.9. The van der Waals surface area contributed by atoms with Gasteiger partial charge in [-0.05, 0) is 80.8 Å². The van der Waals surface area contributed by atoms with Crippen LogP contribution in [0.25, 0.3) is 5.82 Å². The number of aryl methyl sites for hydroxylation is 1. The van der Waals surface area contributed by atoms with Gasteiger partial charge in [0.15, 0.2) is 0 Å². The molecule has 2 aromatic rings. The maximum atomic E-state index is 13.5. The lowest BCUT2D eigenvalue weighted by atomic mass is 9.49. The van der Waals surface area contributed by atoms with E-state index in [9.17, 15) is 9.59 Å². The van der Waals surface area contributed by atoms with Crippen LogP contribution in [-0.2, 0) is 16.1 Å². The predicted molar refractivity (Wildman–Crippen MR) is 125 cm³/mol. The maximum absolute atomic E-state index is 13.5. The van der Waals surface area contributed by atoms with E-state index in [1.165, 1.54) is 19.3 Å². The second-order valence-corrected chi connectivity index (χ2v) is 11.0. The summed E-state index contributed by atoms with van der Waals surface area (Å²) in [5.41, 5.74) is 0.674. The Hall–Kier alpha value is -2.70. The monoisotopic (exact) mass is 449 g/mol. The third-order valence-electron chi connectivity index (χ3n) is 8.10. The Labute approximate surface area is 195 Å². The molecule has 0 aromatic carbocycles. The summed E-state index contributed by atoms with van der Waals surface area (Å²) < 4.78 is 1.91. The number of aromatic nitrogens is 3. The van der Waals surface area contributed by atoms with Crippen molar-refractivity contribution in [1.29, 1.82) is 0 Å². The van der Waals surface area contributed by atoms with Crippen molar-refractivity contribution in [1.82, 2.24) is 25.2 Å². The molecule has 2 N–H and O–H groups in total. The fraction of sp³-hybridized carbons (Fsp3) is 0.615. The molecule has 0 aliphatic heterocycles. The van der Waals surface area contributed by atoms with Gasteiger partial charge in [0, 0.05) is 30.6 Å². The van der Waals surface area contributed by atoms with E-state index < -0.39 is 6.04 Å². The minimum atomic E-state index is -0.522. The first-order chi connectivity index (χ1) is 15.8. The van der Waals surface area contributed by atoms with Crippen LogP contribution in [0.4, 0.5) is 0 Å². The van der Waals surface area contributed by atoms with Crippen LogP contribution in [-0.4, -0.2) is 32.4 Å². The molecule has 4 bridgehead atoms. The molecule has 4 aliphatic carbocycles. The van der Waals surface area contributed by atoms with Crippen LogP contribution in [0.2, 0.25) is 0 Å². The molecule has 176 valence electrons. The minimum absolute atomic E-state index is 0.0209.